The molecule has 1 N–H and O–H groups in total. The smallest absolute Gasteiger partial charge is 0.264 e. The zero-order valence-electron chi connectivity index (χ0n) is 22.6. The Hall–Kier alpha value is -3.36. The largest absolute Gasteiger partial charge is 0.354 e. The Kier molecular flexibility index (Phi) is 10.9. The van der Waals surface area contributed by atoms with Crippen LogP contribution in [0.25, 0.3) is 0 Å². The van der Waals surface area contributed by atoms with E-state index < -0.39 is 28.5 Å². The van der Waals surface area contributed by atoms with Gasteiger partial charge in [0.1, 0.15) is 12.6 Å². The molecule has 0 spiro atoms. The Labute approximate surface area is 236 Å². The highest BCUT2D eigenvalue weighted by molar-refractivity contribution is 7.92. The molecule has 2 amide bonds. The summed E-state index contributed by atoms with van der Waals surface area (Å²) in [6, 6.07) is 21.3. The summed E-state index contributed by atoms with van der Waals surface area (Å²) >= 11 is 6.44. The van der Waals surface area contributed by atoms with Gasteiger partial charge in [0.15, 0.2) is 0 Å². The molecule has 0 bridgehead atoms. The highest BCUT2D eigenvalue weighted by Gasteiger charge is 2.34. The zero-order chi connectivity index (χ0) is 28.4. The number of nitrogens with one attached hydrogen (secondary N) is 1. The molecule has 0 aliphatic carbocycles. The monoisotopic (exact) mass is 569 g/mol. The second-order valence-corrected chi connectivity index (χ2v) is 11.6. The molecule has 0 saturated heterocycles. The summed E-state index contributed by atoms with van der Waals surface area (Å²) in [5.74, 6) is -0.768. The first kappa shape index (κ1) is 30.2. The van der Waals surface area contributed by atoms with E-state index in [2.05, 4.69) is 5.32 Å². The van der Waals surface area contributed by atoms with E-state index in [0.717, 1.165) is 28.3 Å². The van der Waals surface area contributed by atoms with E-state index in [0.29, 0.717) is 13.0 Å². The van der Waals surface area contributed by atoms with Crippen molar-refractivity contribution in [3.05, 3.63) is 95.0 Å². The minimum atomic E-state index is -4.15. The summed E-state index contributed by atoms with van der Waals surface area (Å²) in [7, 11) is -4.15. The maximum atomic E-state index is 14.0. The molecule has 0 radical (unpaired) electrons. The van der Waals surface area contributed by atoms with Gasteiger partial charge >= 0.3 is 0 Å². The number of benzene rings is 3. The Bertz CT molecular complexity index is 1370. The Morgan fingerprint density at radius 1 is 0.949 bits per heavy atom. The van der Waals surface area contributed by atoms with E-state index in [1.54, 1.807) is 42.5 Å². The minimum absolute atomic E-state index is 0.0345. The van der Waals surface area contributed by atoms with Crippen LogP contribution < -0.4 is 9.62 Å². The standard InChI is InChI=1S/C30H36ClN3O4S/c1-4-6-19-32-30(36)27(5-2)33(21-24-14-12-13-23(3)20-24)29(35)22-34(28-18-11-10-17-26(28)31)39(37,38)25-15-8-7-9-16-25/h7-18,20,27H,4-6,19,21-22H2,1-3H3,(H,32,36). The summed E-state index contributed by atoms with van der Waals surface area (Å²) in [5, 5.41) is 3.13. The molecule has 1 atom stereocenters. The zero-order valence-corrected chi connectivity index (χ0v) is 24.2. The Morgan fingerprint density at radius 2 is 1.64 bits per heavy atom. The van der Waals surface area contributed by atoms with E-state index in [1.807, 2.05) is 45.0 Å². The first-order valence-electron chi connectivity index (χ1n) is 13.1. The maximum absolute atomic E-state index is 14.0. The molecular weight excluding hydrogens is 534 g/mol. The van der Waals surface area contributed by atoms with Crippen LogP contribution >= 0.6 is 11.6 Å². The van der Waals surface area contributed by atoms with Gasteiger partial charge in [0, 0.05) is 13.1 Å². The number of halogens is 1. The third kappa shape index (κ3) is 7.83. The fraction of sp³-hybridized carbons (Fsp3) is 0.333. The average Bonchev–Trinajstić information content (AvgIpc) is 2.92. The van der Waals surface area contributed by atoms with Crippen LogP contribution in [0.4, 0.5) is 5.69 Å². The van der Waals surface area contributed by atoms with Gasteiger partial charge in [0.2, 0.25) is 11.8 Å². The number of anilines is 1. The van der Waals surface area contributed by atoms with Crippen LogP contribution in [0, 0.1) is 6.92 Å². The molecule has 3 aromatic carbocycles. The molecule has 0 aromatic heterocycles. The van der Waals surface area contributed by atoms with Gasteiger partial charge in [-0.05, 0) is 49.6 Å². The van der Waals surface area contributed by atoms with Gasteiger partial charge in [-0.1, -0.05) is 92.0 Å². The van der Waals surface area contributed by atoms with Crippen molar-refractivity contribution in [2.75, 3.05) is 17.4 Å². The van der Waals surface area contributed by atoms with Crippen molar-refractivity contribution < 1.29 is 18.0 Å². The molecule has 9 heteroatoms. The highest BCUT2D eigenvalue weighted by atomic mass is 35.5. The number of carbonyl (C=O) groups excluding carboxylic acids is 2. The molecule has 0 heterocycles. The Morgan fingerprint density at radius 3 is 2.28 bits per heavy atom. The van der Waals surface area contributed by atoms with E-state index in [1.165, 1.54) is 17.0 Å². The molecule has 208 valence electrons. The summed E-state index contributed by atoms with van der Waals surface area (Å²) in [6.07, 6.45) is 2.11. The lowest BCUT2D eigenvalue weighted by Crippen LogP contribution is -2.52. The van der Waals surface area contributed by atoms with Crippen molar-refractivity contribution in [3.8, 4) is 0 Å². The molecule has 0 fully saturated rings. The van der Waals surface area contributed by atoms with Gasteiger partial charge < -0.3 is 10.2 Å². The molecule has 3 rings (SSSR count). The third-order valence-corrected chi connectivity index (χ3v) is 8.48. The SMILES string of the molecule is CCCCNC(=O)C(CC)N(Cc1cccc(C)c1)C(=O)CN(c1ccccc1Cl)S(=O)(=O)c1ccccc1. The minimum Gasteiger partial charge on any atom is -0.354 e. The van der Waals surface area contributed by atoms with Gasteiger partial charge in [-0.2, -0.15) is 0 Å². The third-order valence-electron chi connectivity index (χ3n) is 6.38. The number of amides is 2. The Balaban J connectivity index is 2.03. The predicted molar refractivity (Wildman–Crippen MR) is 156 cm³/mol. The molecule has 3 aromatic rings. The number of carbonyl (C=O) groups is 2. The van der Waals surface area contributed by atoms with Crippen molar-refractivity contribution in [1.29, 1.82) is 0 Å². The van der Waals surface area contributed by atoms with Crippen molar-refractivity contribution in [1.82, 2.24) is 10.2 Å². The van der Waals surface area contributed by atoms with E-state index in [9.17, 15) is 18.0 Å². The second-order valence-electron chi connectivity index (χ2n) is 9.36. The van der Waals surface area contributed by atoms with Gasteiger partial charge in [0.05, 0.1) is 15.6 Å². The second kappa shape index (κ2) is 14.1. The van der Waals surface area contributed by atoms with Gasteiger partial charge in [-0.3, -0.25) is 13.9 Å². The molecule has 0 aliphatic rings. The molecule has 0 aliphatic heterocycles. The van der Waals surface area contributed by atoms with Crippen LogP contribution in [-0.2, 0) is 26.2 Å². The first-order chi connectivity index (χ1) is 18.7. The number of hydrogen-bond donors (Lipinski definition) is 1. The number of unbranched alkanes of at least 4 members (excludes halogenated alkanes) is 1. The van der Waals surface area contributed by atoms with Crippen LogP contribution in [-0.4, -0.2) is 44.3 Å². The lowest BCUT2D eigenvalue weighted by atomic mass is 10.1. The lowest BCUT2D eigenvalue weighted by molar-refractivity contribution is -0.140. The fourth-order valence-corrected chi connectivity index (χ4v) is 6.06. The number of hydrogen-bond acceptors (Lipinski definition) is 4. The van der Waals surface area contributed by atoms with E-state index >= 15 is 0 Å². The number of nitrogens with zero attached hydrogens (tertiary/aromatic N) is 2. The summed E-state index contributed by atoms with van der Waals surface area (Å²) in [4.78, 5) is 28.8. The van der Waals surface area contributed by atoms with Gasteiger partial charge in [-0.25, -0.2) is 8.42 Å². The lowest BCUT2D eigenvalue weighted by Gasteiger charge is -2.33. The normalized spacial score (nSPS) is 12.0. The van der Waals surface area contributed by atoms with E-state index in [-0.39, 0.29) is 28.1 Å². The van der Waals surface area contributed by atoms with Crippen molar-refractivity contribution in [3.63, 3.8) is 0 Å². The number of rotatable bonds is 13. The predicted octanol–water partition coefficient (Wildman–Crippen LogP) is 5.57. The fourth-order valence-electron chi connectivity index (χ4n) is 4.32. The van der Waals surface area contributed by atoms with Gasteiger partial charge in [0.25, 0.3) is 10.0 Å². The highest BCUT2D eigenvalue weighted by Crippen LogP contribution is 2.30. The molecule has 1 unspecified atom stereocenters. The van der Waals surface area contributed by atoms with E-state index in [4.69, 9.17) is 11.6 Å². The summed E-state index contributed by atoms with van der Waals surface area (Å²) in [5.41, 5.74) is 2.05. The first-order valence-corrected chi connectivity index (χ1v) is 15.0. The molecular formula is C30H36ClN3O4S. The molecule has 0 saturated carbocycles. The van der Waals surface area contributed by atoms with Crippen LogP contribution in [0.3, 0.4) is 0 Å². The van der Waals surface area contributed by atoms with Gasteiger partial charge in [-0.15, -0.1) is 0 Å². The molecule has 7 nitrogen and oxygen atoms in total. The van der Waals surface area contributed by atoms with Crippen molar-refractivity contribution >= 4 is 39.1 Å². The summed E-state index contributed by atoms with van der Waals surface area (Å²) < 4.78 is 28.6. The van der Waals surface area contributed by atoms with Crippen molar-refractivity contribution in [2.45, 2.75) is 57.5 Å². The van der Waals surface area contributed by atoms with Crippen LogP contribution in [0.2, 0.25) is 5.02 Å². The number of aryl methyl sites for hydroxylation is 1. The maximum Gasteiger partial charge on any atom is 0.264 e. The molecule has 39 heavy (non-hydrogen) atoms. The van der Waals surface area contributed by atoms with Crippen molar-refractivity contribution in [2.24, 2.45) is 0 Å². The summed E-state index contributed by atoms with van der Waals surface area (Å²) in [6.45, 7) is 5.97. The quantitative estimate of drug-likeness (QED) is 0.273. The van der Waals surface area contributed by atoms with Crippen LogP contribution in [0.5, 0.6) is 0 Å². The average molecular weight is 570 g/mol. The topological polar surface area (TPSA) is 86.8 Å². The number of para-hydroxylation sites is 1. The van der Waals surface area contributed by atoms with Crippen LogP contribution in [0.1, 0.15) is 44.2 Å². The number of sulfonamides is 1. The van der Waals surface area contributed by atoms with Crippen LogP contribution in [0.15, 0.2) is 83.8 Å².